The zero-order chi connectivity index (χ0) is 11.7. The van der Waals surface area contributed by atoms with E-state index in [-0.39, 0.29) is 16.9 Å². The Morgan fingerprint density at radius 1 is 1.47 bits per heavy atom. The molecule has 1 aliphatic rings. The van der Waals surface area contributed by atoms with Gasteiger partial charge >= 0.3 is 5.97 Å². The monoisotopic (exact) mass is 213 g/mol. The van der Waals surface area contributed by atoms with Gasteiger partial charge in [0.05, 0.1) is 13.0 Å². The van der Waals surface area contributed by atoms with Gasteiger partial charge in [-0.1, -0.05) is 6.92 Å². The third-order valence-electron chi connectivity index (χ3n) is 4.08. The average molecular weight is 213 g/mol. The molecule has 0 N–H and O–H groups in total. The van der Waals surface area contributed by atoms with Crippen LogP contribution in [0.15, 0.2) is 0 Å². The summed E-state index contributed by atoms with van der Waals surface area (Å²) in [5, 5.41) is 0. The maximum Gasteiger partial charge on any atom is 0.307 e. The van der Waals surface area contributed by atoms with Crippen LogP contribution in [0.4, 0.5) is 0 Å². The fourth-order valence-corrected chi connectivity index (χ4v) is 2.13. The summed E-state index contributed by atoms with van der Waals surface area (Å²) in [6.45, 7) is 6.74. The van der Waals surface area contributed by atoms with Gasteiger partial charge in [0.1, 0.15) is 0 Å². The molecule has 1 rings (SSSR count). The second-order valence-corrected chi connectivity index (χ2v) is 5.21. The van der Waals surface area contributed by atoms with Crippen molar-refractivity contribution in [3.05, 3.63) is 0 Å². The van der Waals surface area contributed by atoms with Crippen LogP contribution in [0.5, 0.6) is 0 Å². The summed E-state index contributed by atoms with van der Waals surface area (Å²) in [6.07, 6.45) is 2.91. The molecule has 0 radical (unpaired) electrons. The fraction of sp³-hybridized carbons (Fsp3) is 0.917. The number of esters is 1. The molecule has 1 unspecified atom stereocenters. The lowest BCUT2D eigenvalue weighted by molar-refractivity contribution is -0.147. The van der Waals surface area contributed by atoms with Crippen molar-refractivity contribution in [1.29, 1.82) is 0 Å². The molecule has 0 spiro atoms. The minimum atomic E-state index is -0.0816. The molecule has 1 aliphatic carbocycles. The first-order valence-corrected chi connectivity index (χ1v) is 5.69. The van der Waals surface area contributed by atoms with Crippen molar-refractivity contribution in [2.75, 3.05) is 20.7 Å². The van der Waals surface area contributed by atoms with Crippen LogP contribution in [0, 0.1) is 5.41 Å². The highest BCUT2D eigenvalue weighted by molar-refractivity contribution is 5.71. The molecule has 3 nitrogen and oxygen atoms in total. The van der Waals surface area contributed by atoms with E-state index in [0.717, 1.165) is 0 Å². The number of carbonyl (C=O) groups excluding carboxylic acids is 1. The summed E-state index contributed by atoms with van der Waals surface area (Å²) >= 11 is 0. The molecule has 0 amide bonds. The number of rotatable bonds is 5. The zero-order valence-electron chi connectivity index (χ0n) is 10.6. The van der Waals surface area contributed by atoms with E-state index in [2.05, 4.69) is 18.7 Å². The summed E-state index contributed by atoms with van der Waals surface area (Å²) in [4.78, 5) is 13.8. The molecular weight excluding hydrogens is 190 g/mol. The van der Waals surface area contributed by atoms with Gasteiger partial charge in [-0.2, -0.15) is 0 Å². The van der Waals surface area contributed by atoms with Gasteiger partial charge in [-0.25, -0.2) is 0 Å². The molecule has 1 saturated carbocycles. The van der Waals surface area contributed by atoms with Crippen molar-refractivity contribution in [3.8, 4) is 0 Å². The lowest BCUT2D eigenvalue weighted by Gasteiger charge is -2.41. The van der Waals surface area contributed by atoms with E-state index >= 15 is 0 Å². The van der Waals surface area contributed by atoms with E-state index in [0.29, 0.717) is 13.0 Å². The molecule has 3 heteroatoms. The van der Waals surface area contributed by atoms with E-state index in [1.165, 1.54) is 12.8 Å². The van der Waals surface area contributed by atoms with E-state index in [4.69, 9.17) is 4.74 Å². The summed E-state index contributed by atoms with van der Waals surface area (Å²) in [5.74, 6) is -0.0816. The molecule has 88 valence electrons. The second kappa shape index (κ2) is 4.12. The summed E-state index contributed by atoms with van der Waals surface area (Å²) in [5.41, 5.74) is 0.211. The van der Waals surface area contributed by atoms with Crippen LogP contribution in [0.1, 0.15) is 40.0 Å². The molecule has 0 aromatic heterocycles. The Hall–Kier alpha value is -0.570. The number of ether oxygens (including phenoxy) is 1. The number of hydrogen-bond donors (Lipinski definition) is 0. The molecule has 0 aromatic rings. The van der Waals surface area contributed by atoms with Crippen molar-refractivity contribution in [1.82, 2.24) is 4.90 Å². The molecule has 0 aromatic carbocycles. The van der Waals surface area contributed by atoms with Crippen LogP contribution >= 0.6 is 0 Å². The zero-order valence-corrected chi connectivity index (χ0v) is 10.6. The number of nitrogens with zero attached hydrogens (tertiary/aromatic N) is 1. The standard InChI is InChI=1S/C12H23NO2/c1-6-15-10(14)9-12(3,13(4)5)11(2)7-8-11/h6-9H2,1-5H3. The van der Waals surface area contributed by atoms with Crippen LogP contribution in [0.2, 0.25) is 0 Å². The summed E-state index contributed by atoms with van der Waals surface area (Å²) < 4.78 is 5.05. The van der Waals surface area contributed by atoms with Crippen LogP contribution < -0.4 is 0 Å². The fourth-order valence-electron chi connectivity index (χ4n) is 2.13. The molecule has 0 heterocycles. The Labute approximate surface area is 92.8 Å². The third-order valence-corrected chi connectivity index (χ3v) is 4.08. The Morgan fingerprint density at radius 3 is 2.33 bits per heavy atom. The van der Waals surface area contributed by atoms with Crippen molar-refractivity contribution in [3.63, 3.8) is 0 Å². The van der Waals surface area contributed by atoms with Crippen molar-refractivity contribution in [2.24, 2.45) is 5.41 Å². The summed E-state index contributed by atoms with van der Waals surface area (Å²) in [7, 11) is 4.09. The van der Waals surface area contributed by atoms with Gasteiger partial charge in [0, 0.05) is 5.54 Å². The Kier molecular flexibility index (Phi) is 3.44. The van der Waals surface area contributed by atoms with Crippen LogP contribution in [0.25, 0.3) is 0 Å². The molecule has 0 saturated heterocycles. The highest BCUT2D eigenvalue weighted by Crippen LogP contribution is 2.56. The van der Waals surface area contributed by atoms with Crippen molar-refractivity contribution < 1.29 is 9.53 Å². The predicted molar refractivity (Wildman–Crippen MR) is 60.7 cm³/mol. The van der Waals surface area contributed by atoms with Crippen molar-refractivity contribution in [2.45, 2.75) is 45.6 Å². The van der Waals surface area contributed by atoms with Crippen LogP contribution in [-0.2, 0) is 9.53 Å². The van der Waals surface area contributed by atoms with Gasteiger partial charge in [-0.15, -0.1) is 0 Å². The van der Waals surface area contributed by atoms with Crippen molar-refractivity contribution >= 4 is 5.97 Å². The molecule has 15 heavy (non-hydrogen) atoms. The second-order valence-electron chi connectivity index (χ2n) is 5.21. The Bertz CT molecular complexity index is 246. The molecule has 1 fully saturated rings. The minimum absolute atomic E-state index is 0.0702. The van der Waals surface area contributed by atoms with E-state index in [1.807, 2.05) is 21.0 Å². The largest absolute Gasteiger partial charge is 0.466 e. The van der Waals surface area contributed by atoms with Gasteiger partial charge in [-0.05, 0) is 46.2 Å². The van der Waals surface area contributed by atoms with E-state index in [9.17, 15) is 4.79 Å². The van der Waals surface area contributed by atoms with E-state index in [1.54, 1.807) is 0 Å². The first kappa shape index (κ1) is 12.5. The topological polar surface area (TPSA) is 29.5 Å². The van der Waals surface area contributed by atoms with Crippen LogP contribution in [-0.4, -0.2) is 37.1 Å². The number of carbonyl (C=O) groups is 1. The van der Waals surface area contributed by atoms with Gasteiger partial charge in [0.15, 0.2) is 0 Å². The smallest absolute Gasteiger partial charge is 0.307 e. The molecular formula is C12H23NO2. The average Bonchev–Trinajstić information content (AvgIpc) is 2.85. The normalized spacial score (nSPS) is 22.3. The lowest BCUT2D eigenvalue weighted by atomic mass is 9.80. The minimum Gasteiger partial charge on any atom is -0.466 e. The van der Waals surface area contributed by atoms with Gasteiger partial charge < -0.3 is 9.64 Å². The third kappa shape index (κ3) is 2.33. The first-order valence-electron chi connectivity index (χ1n) is 5.69. The SMILES string of the molecule is CCOC(=O)CC(C)(N(C)C)C1(C)CC1. The first-order chi connectivity index (χ1) is 6.85. The quantitative estimate of drug-likeness (QED) is 0.655. The lowest BCUT2D eigenvalue weighted by Crippen LogP contribution is -2.50. The van der Waals surface area contributed by atoms with E-state index < -0.39 is 0 Å². The maximum absolute atomic E-state index is 11.6. The highest BCUT2D eigenvalue weighted by Gasteiger charge is 2.55. The van der Waals surface area contributed by atoms with Crippen LogP contribution in [0.3, 0.4) is 0 Å². The Balaban J connectivity index is 2.70. The predicted octanol–water partition coefficient (Wildman–Crippen LogP) is 2.06. The molecule has 0 aliphatic heterocycles. The Morgan fingerprint density at radius 2 is 2.00 bits per heavy atom. The number of hydrogen-bond acceptors (Lipinski definition) is 3. The van der Waals surface area contributed by atoms with Gasteiger partial charge in [0.2, 0.25) is 0 Å². The van der Waals surface area contributed by atoms with Gasteiger partial charge in [0.25, 0.3) is 0 Å². The molecule has 1 atom stereocenters. The molecule has 0 bridgehead atoms. The van der Waals surface area contributed by atoms with Gasteiger partial charge in [-0.3, -0.25) is 4.79 Å². The maximum atomic E-state index is 11.6. The summed E-state index contributed by atoms with van der Waals surface area (Å²) in [6, 6.07) is 0. The highest BCUT2D eigenvalue weighted by atomic mass is 16.5.